The molecule has 0 radical (unpaired) electrons. The molecular formula is C17H14ClN. The molecule has 0 aliphatic carbocycles. The van der Waals surface area contributed by atoms with Gasteiger partial charge in [0, 0.05) is 18.3 Å². The van der Waals surface area contributed by atoms with Gasteiger partial charge in [0.25, 0.3) is 0 Å². The summed E-state index contributed by atoms with van der Waals surface area (Å²) >= 11 is 6.43. The van der Waals surface area contributed by atoms with Crippen LogP contribution in [0.3, 0.4) is 0 Å². The zero-order chi connectivity index (χ0) is 14.0. The van der Waals surface area contributed by atoms with Crippen molar-refractivity contribution in [2.24, 2.45) is 4.99 Å². The van der Waals surface area contributed by atoms with E-state index in [0.717, 1.165) is 22.4 Å². The Morgan fingerprint density at radius 2 is 1.53 bits per heavy atom. The number of allylic oxidation sites excluding steroid dienone is 1. The minimum atomic E-state index is -1.17. The minimum absolute atomic E-state index is 0.402. The normalized spacial score (nSPS) is 23.3. The summed E-state index contributed by atoms with van der Waals surface area (Å²) in [7, 11) is 0. The van der Waals surface area contributed by atoms with Crippen molar-refractivity contribution in [2.75, 3.05) is 0 Å². The molecular weight excluding hydrogens is 254 g/mol. The monoisotopic (exact) mass is 268 g/mol. The smallest absolute Gasteiger partial charge is 0.0661 e. The topological polar surface area (TPSA) is 12.4 Å². The Morgan fingerprint density at radius 3 is 2.11 bits per heavy atom. The first-order valence-electron chi connectivity index (χ1n) is 6.74. The van der Waals surface area contributed by atoms with Crippen LogP contribution in [0.2, 0.25) is 0 Å². The molecule has 0 saturated heterocycles. The SMILES string of the molecule is [2H]C1(Cl)CC(c2ccccc2)=NC=C1c1ccccc1. The third-order valence-corrected chi connectivity index (χ3v) is 3.49. The highest BCUT2D eigenvalue weighted by Gasteiger charge is 2.20. The van der Waals surface area contributed by atoms with Crippen molar-refractivity contribution in [3.05, 3.63) is 78.0 Å². The second kappa shape index (κ2) is 5.41. The van der Waals surface area contributed by atoms with E-state index in [2.05, 4.69) is 4.99 Å². The van der Waals surface area contributed by atoms with Crippen molar-refractivity contribution in [1.29, 1.82) is 0 Å². The molecule has 0 amide bonds. The molecule has 19 heavy (non-hydrogen) atoms. The fourth-order valence-corrected chi connectivity index (χ4v) is 2.44. The summed E-state index contributed by atoms with van der Waals surface area (Å²) in [6.45, 7) is 0. The zero-order valence-electron chi connectivity index (χ0n) is 11.4. The van der Waals surface area contributed by atoms with E-state index in [1.54, 1.807) is 6.20 Å². The van der Waals surface area contributed by atoms with Gasteiger partial charge in [0.05, 0.1) is 6.72 Å². The Hall–Kier alpha value is -1.86. The molecule has 2 heteroatoms. The van der Waals surface area contributed by atoms with Crippen molar-refractivity contribution < 1.29 is 1.37 Å². The summed E-state index contributed by atoms with van der Waals surface area (Å²) in [4.78, 5) is 4.50. The van der Waals surface area contributed by atoms with E-state index < -0.39 is 5.35 Å². The van der Waals surface area contributed by atoms with Crippen LogP contribution in [-0.2, 0) is 0 Å². The molecule has 2 aromatic carbocycles. The lowest BCUT2D eigenvalue weighted by Gasteiger charge is -2.19. The molecule has 0 bridgehead atoms. The van der Waals surface area contributed by atoms with Gasteiger partial charge in [-0.3, -0.25) is 4.99 Å². The third kappa shape index (κ3) is 2.61. The van der Waals surface area contributed by atoms with Crippen LogP contribution in [0.25, 0.3) is 5.57 Å². The summed E-state index contributed by atoms with van der Waals surface area (Å²) < 4.78 is 8.42. The number of hydrogen-bond acceptors (Lipinski definition) is 1. The van der Waals surface area contributed by atoms with Gasteiger partial charge in [-0.15, -0.1) is 11.6 Å². The molecule has 0 spiro atoms. The van der Waals surface area contributed by atoms with Crippen LogP contribution in [0.4, 0.5) is 0 Å². The first kappa shape index (κ1) is 11.0. The second-order valence-electron chi connectivity index (χ2n) is 4.43. The lowest BCUT2D eigenvalue weighted by Crippen LogP contribution is -2.15. The number of hydrogen-bond donors (Lipinski definition) is 0. The number of rotatable bonds is 2. The fourth-order valence-electron chi connectivity index (χ4n) is 2.16. The third-order valence-electron chi connectivity index (χ3n) is 3.16. The van der Waals surface area contributed by atoms with E-state index in [9.17, 15) is 0 Å². The van der Waals surface area contributed by atoms with Gasteiger partial charge >= 0.3 is 0 Å². The highest BCUT2D eigenvalue weighted by molar-refractivity contribution is 6.29. The molecule has 1 nitrogen and oxygen atoms in total. The van der Waals surface area contributed by atoms with E-state index in [1.807, 2.05) is 60.7 Å². The van der Waals surface area contributed by atoms with Crippen LogP contribution in [-0.4, -0.2) is 11.1 Å². The zero-order valence-corrected chi connectivity index (χ0v) is 11.1. The van der Waals surface area contributed by atoms with Gasteiger partial charge in [-0.25, -0.2) is 0 Å². The number of aliphatic imine (C=N–C) groups is 1. The van der Waals surface area contributed by atoms with E-state index in [-0.39, 0.29) is 0 Å². The van der Waals surface area contributed by atoms with Crippen molar-refractivity contribution >= 4 is 22.9 Å². The van der Waals surface area contributed by atoms with Crippen LogP contribution in [0.5, 0.6) is 0 Å². The molecule has 1 heterocycles. The summed E-state index contributed by atoms with van der Waals surface area (Å²) in [5.41, 5.74) is 3.58. The molecule has 94 valence electrons. The molecule has 0 N–H and O–H groups in total. The second-order valence-corrected chi connectivity index (χ2v) is 4.89. The van der Waals surface area contributed by atoms with Gasteiger partial charge in [-0.2, -0.15) is 0 Å². The van der Waals surface area contributed by atoms with Gasteiger partial charge in [-0.05, 0) is 16.7 Å². The van der Waals surface area contributed by atoms with Crippen LogP contribution >= 0.6 is 11.6 Å². The molecule has 1 aliphatic heterocycles. The number of halogens is 1. The Morgan fingerprint density at radius 1 is 0.947 bits per heavy atom. The standard InChI is InChI=1S/C17H14ClN/c18-16-11-17(14-9-5-2-6-10-14)19-12-15(16)13-7-3-1-4-8-13/h1-10,12,16H,11H2/i16D. The van der Waals surface area contributed by atoms with E-state index >= 15 is 0 Å². The quantitative estimate of drug-likeness (QED) is 0.710. The van der Waals surface area contributed by atoms with Gasteiger partial charge in [-0.1, -0.05) is 60.7 Å². The van der Waals surface area contributed by atoms with E-state index in [0.29, 0.717) is 6.42 Å². The van der Waals surface area contributed by atoms with Crippen molar-refractivity contribution in [1.82, 2.24) is 0 Å². The van der Waals surface area contributed by atoms with Crippen LogP contribution in [0, 0.1) is 0 Å². The largest absolute Gasteiger partial charge is 0.260 e. The van der Waals surface area contributed by atoms with Gasteiger partial charge in [0.1, 0.15) is 0 Å². The Balaban J connectivity index is 2.01. The van der Waals surface area contributed by atoms with Crippen LogP contribution < -0.4 is 0 Å². The maximum absolute atomic E-state index is 8.42. The highest BCUT2D eigenvalue weighted by atomic mass is 35.5. The molecule has 1 aliphatic rings. The molecule has 1 atom stereocenters. The lowest BCUT2D eigenvalue weighted by atomic mass is 9.95. The van der Waals surface area contributed by atoms with Crippen molar-refractivity contribution in [3.8, 4) is 0 Å². The maximum Gasteiger partial charge on any atom is 0.0661 e. The summed E-state index contributed by atoms with van der Waals surface area (Å²) in [5.74, 6) is 0. The lowest BCUT2D eigenvalue weighted by molar-refractivity contribution is 1.08. The molecule has 0 saturated carbocycles. The Labute approximate surface area is 119 Å². The first-order chi connectivity index (χ1) is 9.67. The van der Waals surface area contributed by atoms with E-state index in [1.165, 1.54) is 0 Å². The summed E-state index contributed by atoms with van der Waals surface area (Å²) in [6.07, 6.45) is 2.13. The number of benzene rings is 2. The van der Waals surface area contributed by atoms with Crippen LogP contribution in [0.1, 0.15) is 18.9 Å². The highest BCUT2D eigenvalue weighted by Crippen LogP contribution is 2.29. The summed E-state index contributed by atoms with van der Waals surface area (Å²) in [6, 6.07) is 19.6. The van der Waals surface area contributed by atoms with Crippen molar-refractivity contribution in [2.45, 2.75) is 11.8 Å². The predicted octanol–water partition coefficient (Wildman–Crippen LogP) is 4.53. The first-order valence-corrected chi connectivity index (χ1v) is 6.62. The van der Waals surface area contributed by atoms with Crippen LogP contribution in [0.15, 0.2) is 71.9 Å². The average Bonchev–Trinajstić information content (AvgIpc) is 2.48. The van der Waals surface area contributed by atoms with Gasteiger partial charge in [0.15, 0.2) is 0 Å². The molecule has 1 unspecified atom stereocenters. The average molecular weight is 269 g/mol. The maximum atomic E-state index is 8.42. The van der Waals surface area contributed by atoms with E-state index in [4.69, 9.17) is 13.0 Å². The molecule has 3 rings (SSSR count). The Bertz CT molecular complexity index is 660. The fraction of sp³-hybridized carbons (Fsp3) is 0.118. The molecule has 0 aromatic heterocycles. The Kier molecular flexibility index (Phi) is 3.14. The minimum Gasteiger partial charge on any atom is -0.260 e. The molecule has 0 fully saturated rings. The van der Waals surface area contributed by atoms with Gasteiger partial charge < -0.3 is 0 Å². The molecule has 2 aromatic rings. The summed E-state index contributed by atoms with van der Waals surface area (Å²) in [5, 5.41) is -1.17. The predicted molar refractivity (Wildman–Crippen MR) is 81.7 cm³/mol. The number of alkyl halides is 1. The van der Waals surface area contributed by atoms with Gasteiger partial charge in [0.2, 0.25) is 0 Å². The number of nitrogens with zero attached hydrogens (tertiary/aromatic N) is 1. The van der Waals surface area contributed by atoms with Crippen molar-refractivity contribution in [3.63, 3.8) is 0 Å².